The largest absolute Gasteiger partial charge is 0.482 e. The van der Waals surface area contributed by atoms with Crippen LogP contribution in [0.15, 0.2) is 22.7 Å². The van der Waals surface area contributed by atoms with Crippen molar-refractivity contribution in [3.63, 3.8) is 0 Å². The maximum Gasteiger partial charge on any atom is 0.255 e. The Bertz CT molecular complexity index is 398. The van der Waals surface area contributed by atoms with Crippen LogP contribution in [0.5, 0.6) is 5.75 Å². The second-order valence-corrected chi connectivity index (χ2v) is 3.42. The number of nitrogens with zero attached hydrogens (tertiary/aromatic N) is 1. The van der Waals surface area contributed by atoms with Crippen LogP contribution >= 0.6 is 15.9 Å². The van der Waals surface area contributed by atoms with Crippen molar-refractivity contribution in [1.29, 1.82) is 5.26 Å². The van der Waals surface area contributed by atoms with Crippen LogP contribution in [0.3, 0.4) is 0 Å². The van der Waals surface area contributed by atoms with Gasteiger partial charge in [-0.15, -0.1) is 0 Å². The maximum absolute atomic E-state index is 10.5. The van der Waals surface area contributed by atoms with E-state index in [1.807, 2.05) is 6.07 Å². The van der Waals surface area contributed by atoms with E-state index in [1.54, 1.807) is 18.2 Å². The molecule has 0 spiro atoms. The molecule has 0 fully saturated rings. The lowest BCUT2D eigenvalue weighted by Gasteiger charge is -2.05. The summed E-state index contributed by atoms with van der Waals surface area (Å²) in [5.74, 6) is -0.227. The average Bonchev–Trinajstić information content (AvgIpc) is 2.15. The Morgan fingerprint density at radius 3 is 2.93 bits per heavy atom. The van der Waals surface area contributed by atoms with Gasteiger partial charge in [0.1, 0.15) is 11.8 Å². The number of halogens is 1. The van der Waals surface area contributed by atoms with Crippen molar-refractivity contribution < 1.29 is 9.53 Å². The van der Waals surface area contributed by atoms with Crippen molar-refractivity contribution in [3.05, 3.63) is 28.2 Å². The van der Waals surface area contributed by atoms with Crippen molar-refractivity contribution in [3.8, 4) is 11.8 Å². The third-order valence-electron chi connectivity index (χ3n) is 1.43. The van der Waals surface area contributed by atoms with Crippen LogP contribution in [0.4, 0.5) is 0 Å². The molecule has 0 saturated carbocycles. The molecule has 0 aliphatic carbocycles. The summed E-state index contributed by atoms with van der Waals surface area (Å²) in [6.45, 7) is -0.231. The molecular formula is C9H7BrN2O2. The van der Waals surface area contributed by atoms with Gasteiger partial charge in [-0.2, -0.15) is 5.26 Å². The lowest BCUT2D eigenvalue weighted by molar-refractivity contribution is -0.119. The summed E-state index contributed by atoms with van der Waals surface area (Å²) in [7, 11) is 0. The molecule has 4 nitrogen and oxygen atoms in total. The number of nitrogens with two attached hydrogens (primary N) is 1. The lowest BCUT2D eigenvalue weighted by Crippen LogP contribution is -2.20. The van der Waals surface area contributed by atoms with E-state index in [2.05, 4.69) is 15.9 Å². The molecule has 0 unspecified atom stereocenters. The standard InChI is InChI=1S/C9H7BrN2O2/c10-7-2-1-6(4-11)8(3-7)14-5-9(12)13/h1-3H,5H2,(H2,12,13). The minimum atomic E-state index is -0.575. The van der Waals surface area contributed by atoms with Gasteiger partial charge in [0.05, 0.1) is 5.56 Å². The minimum absolute atomic E-state index is 0.231. The summed E-state index contributed by atoms with van der Waals surface area (Å²) in [5, 5.41) is 8.71. The molecule has 2 N–H and O–H groups in total. The molecule has 0 aromatic heterocycles. The van der Waals surface area contributed by atoms with Gasteiger partial charge in [-0.1, -0.05) is 15.9 Å². The topological polar surface area (TPSA) is 76.1 Å². The Kier molecular flexibility index (Phi) is 3.48. The monoisotopic (exact) mass is 254 g/mol. The van der Waals surface area contributed by atoms with Gasteiger partial charge in [-0.3, -0.25) is 4.79 Å². The average molecular weight is 255 g/mol. The van der Waals surface area contributed by atoms with E-state index in [1.165, 1.54) is 0 Å². The van der Waals surface area contributed by atoms with Gasteiger partial charge in [0.25, 0.3) is 5.91 Å². The first-order valence-corrected chi connectivity index (χ1v) is 4.53. The zero-order valence-electron chi connectivity index (χ0n) is 7.16. The second kappa shape index (κ2) is 4.63. The van der Waals surface area contributed by atoms with E-state index in [0.29, 0.717) is 11.3 Å². The maximum atomic E-state index is 10.5. The Morgan fingerprint density at radius 1 is 1.64 bits per heavy atom. The van der Waals surface area contributed by atoms with Gasteiger partial charge in [0.2, 0.25) is 0 Å². The Labute approximate surface area is 89.4 Å². The fraction of sp³-hybridized carbons (Fsp3) is 0.111. The van der Waals surface area contributed by atoms with Crippen molar-refractivity contribution in [1.82, 2.24) is 0 Å². The molecule has 5 heteroatoms. The predicted molar refractivity (Wildman–Crippen MR) is 53.5 cm³/mol. The number of carbonyl (C=O) groups excluding carboxylic acids is 1. The smallest absolute Gasteiger partial charge is 0.255 e. The molecule has 0 aliphatic rings. The van der Waals surface area contributed by atoms with Crippen molar-refractivity contribution in [2.45, 2.75) is 0 Å². The summed E-state index contributed by atoms with van der Waals surface area (Å²) in [5.41, 5.74) is 5.28. The first-order chi connectivity index (χ1) is 6.63. The third-order valence-corrected chi connectivity index (χ3v) is 1.93. The number of rotatable bonds is 3. The quantitative estimate of drug-likeness (QED) is 0.881. The molecule has 14 heavy (non-hydrogen) atoms. The highest BCUT2D eigenvalue weighted by Crippen LogP contribution is 2.22. The van der Waals surface area contributed by atoms with Crippen LogP contribution in [0.25, 0.3) is 0 Å². The summed E-state index contributed by atoms with van der Waals surface area (Å²) in [6.07, 6.45) is 0. The van der Waals surface area contributed by atoms with Crippen LogP contribution in [0.1, 0.15) is 5.56 Å². The number of hydrogen-bond acceptors (Lipinski definition) is 3. The van der Waals surface area contributed by atoms with Crippen molar-refractivity contribution in [2.75, 3.05) is 6.61 Å². The van der Waals surface area contributed by atoms with E-state index in [4.69, 9.17) is 15.7 Å². The molecule has 1 aromatic rings. The number of nitriles is 1. The summed E-state index contributed by atoms with van der Waals surface area (Å²) >= 11 is 3.23. The lowest BCUT2D eigenvalue weighted by atomic mass is 10.2. The van der Waals surface area contributed by atoms with Gasteiger partial charge in [-0.25, -0.2) is 0 Å². The number of ether oxygens (including phenoxy) is 1. The highest BCUT2D eigenvalue weighted by atomic mass is 79.9. The van der Waals surface area contributed by atoms with Crippen LogP contribution in [-0.4, -0.2) is 12.5 Å². The Morgan fingerprint density at radius 2 is 2.36 bits per heavy atom. The van der Waals surface area contributed by atoms with E-state index >= 15 is 0 Å². The van der Waals surface area contributed by atoms with Crippen LogP contribution in [-0.2, 0) is 4.79 Å². The highest BCUT2D eigenvalue weighted by Gasteiger charge is 2.04. The zero-order chi connectivity index (χ0) is 10.6. The summed E-state index contributed by atoms with van der Waals surface area (Å²) < 4.78 is 5.82. The first kappa shape index (κ1) is 10.5. The van der Waals surface area contributed by atoms with Gasteiger partial charge >= 0.3 is 0 Å². The highest BCUT2D eigenvalue weighted by molar-refractivity contribution is 9.10. The molecule has 72 valence electrons. The number of hydrogen-bond donors (Lipinski definition) is 1. The van der Waals surface area contributed by atoms with E-state index in [0.717, 1.165) is 4.47 Å². The fourth-order valence-electron chi connectivity index (χ4n) is 0.857. The molecular weight excluding hydrogens is 248 g/mol. The molecule has 0 atom stereocenters. The van der Waals surface area contributed by atoms with Gasteiger partial charge in [0.15, 0.2) is 6.61 Å². The normalized spacial score (nSPS) is 9.14. The summed E-state index contributed by atoms with van der Waals surface area (Å²) in [6, 6.07) is 6.88. The SMILES string of the molecule is N#Cc1ccc(Br)cc1OCC(N)=O. The zero-order valence-corrected chi connectivity index (χ0v) is 8.74. The van der Waals surface area contributed by atoms with E-state index in [-0.39, 0.29) is 6.61 Å². The molecule has 0 heterocycles. The molecule has 0 bridgehead atoms. The van der Waals surface area contributed by atoms with Crippen LogP contribution in [0, 0.1) is 11.3 Å². The third kappa shape index (κ3) is 2.75. The second-order valence-electron chi connectivity index (χ2n) is 2.51. The number of primary amides is 1. The van der Waals surface area contributed by atoms with Crippen LogP contribution in [0.2, 0.25) is 0 Å². The van der Waals surface area contributed by atoms with Gasteiger partial charge in [-0.05, 0) is 18.2 Å². The van der Waals surface area contributed by atoms with Gasteiger partial charge < -0.3 is 10.5 Å². The minimum Gasteiger partial charge on any atom is -0.482 e. The number of carbonyl (C=O) groups is 1. The van der Waals surface area contributed by atoms with Crippen molar-refractivity contribution in [2.24, 2.45) is 5.73 Å². The van der Waals surface area contributed by atoms with E-state index < -0.39 is 5.91 Å². The number of benzene rings is 1. The summed E-state index contributed by atoms with van der Waals surface area (Å²) in [4.78, 5) is 10.5. The van der Waals surface area contributed by atoms with Crippen molar-refractivity contribution >= 4 is 21.8 Å². The molecule has 1 amide bonds. The molecule has 0 radical (unpaired) electrons. The molecule has 0 saturated heterocycles. The Hall–Kier alpha value is -1.54. The van der Waals surface area contributed by atoms with Crippen LogP contribution < -0.4 is 10.5 Å². The Balaban J connectivity index is 2.89. The fourth-order valence-corrected chi connectivity index (χ4v) is 1.20. The first-order valence-electron chi connectivity index (χ1n) is 3.74. The van der Waals surface area contributed by atoms with E-state index in [9.17, 15) is 4.79 Å². The predicted octanol–water partition coefficient (Wildman–Crippen LogP) is 1.18. The van der Waals surface area contributed by atoms with Gasteiger partial charge in [0, 0.05) is 4.47 Å². The molecule has 1 aromatic carbocycles. The number of amides is 1. The molecule has 1 rings (SSSR count). The molecule has 0 aliphatic heterocycles.